The fourth-order valence-corrected chi connectivity index (χ4v) is 4.33. The summed E-state index contributed by atoms with van der Waals surface area (Å²) in [5.41, 5.74) is 5.77. The second-order valence-corrected chi connectivity index (χ2v) is 8.10. The van der Waals surface area contributed by atoms with Crippen molar-refractivity contribution in [1.29, 1.82) is 0 Å². The molecule has 1 atom stereocenters. The molecular formula is C26H26N2O3S. The van der Waals surface area contributed by atoms with Crippen LogP contribution in [0, 0.1) is 0 Å². The molecule has 164 valence electrons. The van der Waals surface area contributed by atoms with E-state index in [2.05, 4.69) is 47.5 Å². The van der Waals surface area contributed by atoms with Gasteiger partial charge in [0.1, 0.15) is 12.6 Å². The molecule has 2 amide bonds. The summed E-state index contributed by atoms with van der Waals surface area (Å²) in [6.07, 6.45) is 0.0979. The normalized spacial score (nSPS) is 13.0. The van der Waals surface area contributed by atoms with Gasteiger partial charge in [0.15, 0.2) is 0 Å². The second kappa shape index (κ2) is 10.4. The third-order valence-corrected chi connectivity index (χ3v) is 6.06. The van der Waals surface area contributed by atoms with Crippen molar-refractivity contribution in [2.75, 3.05) is 18.9 Å². The van der Waals surface area contributed by atoms with Crippen LogP contribution in [0.4, 0.5) is 4.79 Å². The number of rotatable bonds is 8. The van der Waals surface area contributed by atoms with E-state index in [1.807, 2.05) is 54.6 Å². The van der Waals surface area contributed by atoms with Gasteiger partial charge < -0.3 is 15.4 Å². The first-order valence-electron chi connectivity index (χ1n) is 10.7. The lowest BCUT2D eigenvalue weighted by Gasteiger charge is -2.18. The molecule has 3 aromatic rings. The Balaban J connectivity index is 1.30. The minimum absolute atomic E-state index is 0.0256. The molecule has 0 radical (unpaired) electrons. The van der Waals surface area contributed by atoms with Gasteiger partial charge in [-0.3, -0.25) is 4.79 Å². The highest BCUT2D eigenvalue weighted by atomic mass is 32.1. The number of benzene rings is 3. The number of ether oxygens (including phenoxy) is 1. The van der Waals surface area contributed by atoms with E-state index >= 15 is 0 Å². The van der Waals surface area contributed by atoms with E-state index in [9.17, 15) is 9.59 Å². The Labute approximate surface area is 193 Å². The van der Waals surface area contributed by atoms with E-state index in [4.69, 9.17) is 4.74 Å². The van der Waals surface area contributed by atoms with Gasteiger partial charge in [-0.2, -0.15) is 12.6 Å². The van der Waals surface area contributed by atoms with E-state index in [1.165, 1.54) is 11.1 Å². The summed E-state index contributed by atoms with van der Waals surface area (Å²) in [7, 11) is 0. The number of alkyl carbamates (subject to hydrolysis) is 1. The Bertz CT molecular complexity index is 1040. The van der Waals surface area contributed by atoms with Crippen molar-refractivity contribution in [3.05, 3.63) is 95.6 Å². The summed E-state index contributed by atoms with van der Waals surface area (Å²) in [5, 5.41) is 5.49. The largest absolute Gasteiger partial charge is 0.449 e. The maximum absolute atomic E-state index is 12.5. The molecule has 0 heterocycles. The molecule has 3 aromatic carbocycles. The van der Waals surface area contributed by atoms with Gasteiger partial charge in [0.05, 0.1) is 0 Å². The van der Waals surface area contributed by atoms with Crippen molar-refractivity contribution in [3.8, 4) is 11.1 Å². The van der Waals surface area contributed by atoms with E-state index in [-0.39, 0.29) is 24.2 Å². The lowest BCUT2D eigenvalue weighted by atomic mass is 9.98. The predicted octanol–water partition coefficient (Wildman–Crippen LogP) is 4.18. The maximum Gasteiger partial charge on any atom is 0.407 e. The van der Waals surface area contributed by atoms with Gasteiger partial charge in [-0.25, -0.2) is 4.79 Å². The fourth-order valence-electron chi connectivity index (χ4n) is 4.07. The average Bonchev–Trinajstić information content (AvgIpc) is 3.15. The standard InChI is InChI=1S/C26H26N2O3S/c29-25(27-15-14-18-8-2-1-3-9-18)24(17-32)28-26(30)31-16-23-21-12-6-4-10-19(21)20-11-5-7-13-22(20)23/h1-13,23-24,32H,14-17H2,(H,27,29)(H,28,30)/t24-/m0/s1. The van der Waals surface area contributed by atoms with E-state index in [0.717, 1.165) is 23.1 Å². The van der Waals surface area contributed by atoms with Crippen molar-refractivity contribution < 1.29 is 14.3 Å². The zero-order valence-electron chi connectivity index (χ0n) is 17.7. The van der Waals surface area contributed by atoms with Gasteiger partial charge in [0.2, 0.25) is 5.91 Å². The number of carbonyl (C=O) groups excluding carboxylic acids is 2. The number of hydrogen-bond acceptors (Lipinski definition) is 4. The SMILES string of the molecule is O=C(N[C@@H](CS)C(=O)NCCc1ccccc1)OCC1c2ccccc2-c2ccccc21. The zero-order chi connectivity index (χ0) is 22.3. The van der Waals surface area contributed by atoms with Crippen LogP contribution < -0.4 is 10.6 Å². The van der Waals surface area contributed by atoms with Gasteiger partial charge >= 0.3 is 6.09 Å². The van der Waals surface area contributed by atoms with Crippen LogP contribution in [0.5, 0.6) is 0 Å². The van der Waals surface area contributed by atoms with Crippen LogP contribution in [0.25, 0.3) is 11.1 Å². The zero-order valence-corrected chi connectivity index (χ0v) is 18.6. The van der Waals surface area contributed by atoms with Crippen molar-refractivity contribution in [2.24, 2.45) is 0 Å². The van der Waals surface area contributed by atoms with Crippen LogP contribution in [0.2, 0.25) is 0 Å². The van der Waals surface area contributed by atoms with Gasteiger partial charge in [0, 0.05) is 18.2 Å². The molecule has 0 fully saturated rings. The molecule has 32 heavy (non-hydrogen) atoms. The monoisotopic (exact) mass is 446 g/mol. The first-order valence-corrected chi connectivity index (χ1v) is 11.3. The van der Waals surface area contributed by atoms with E-state index in [0.29, 0.717) is 6.54 Å². The van der Waals surface area contributed by atoms with Crippen molar-refractivity contribution in [1.82, 2.24) is 10.6 Å². The lowest BCUT2D eigenvalue weighted by Crippen LogP contribution is -2.48. The minimum atomic E-state index is -0.759. The van der Waals surface area contributed by atoms with Crippen LogP contribution in [-0.2, 0) is 16.0 Å². The number of nitrogens with one attached hydrogen (secondary N) is 2. The average molecular weight is 447 g/mol. The fraction of sp³-hybridized carbons (Fsp3) is 0.231. The van der Waals surface area contributed by atoms with E-state index in [1.54, 1.807) is 0 Å². The number of carbonyl (C=O) groups is 2. The van der Waals surface area contributed by atoms with Crippen molar-refractivity contribution in [2.45, 2.75) is 18.4 Å². The lowest BCUT2D eigenvalue weighted by molar-refractivity contribution is -0.122. The van der Waals surface area contributed by atoms with Gasteiger partial charge in [0.25, 0.3) is 0 Å². The van der Waals surface area contributed by atoms with Crippen LogP contribution >= 0.6 is 12.6 Å². The molecule has 0 spiro atoms. The molecule has 2 N–H and O–H groups in total. The van der Waals surface area contributed by atoms with E-state index < -0.39 is 12.1 Å². The molecule has 5 nitrogen and oxygen atoms in total. The quantitative estimate of drug-likeness (QED) is 0.455. The third kappa shape index (κ3) is 4.97. The molecule has 1 aliphatic carbocycles. The number of amides is 2. The Morgan fingerprint density at radius 3 is 2.09 bits per heavy atom. The second-order valence-electron chi connectivity index (χ2n) is 7.73. The summed E-state index contributed by atoms with van der Waals surface area (Å²) >= 11 is 4.22. The highest BCUT2D eigenvalue weighted by Crippen LogP contribution is 2.44. The molecule has 0 bridgehead atoms. The van der Waals surface area contributed by atoms with Crippen LogP contribution in [0.15, 0.2) is 78.9 Å². The number of fused-ring (bicyclic) bond motifs is 3. The molecule has 0 aromatic heterocycles. The summed E-state index contributed by atoms with van der Waals surface area (Å²) in [6, 6.07) is 25.5. The van der Waals surface area contributed by atoms with Crippen LogP contribution in [-0.4, -0.2) is 36.9 Å². The minimum Gasteiger partial charge on any atom is -0.449 e. The molecule has 6 heteroatoms. The van der Waals surface area contributed by atoms with Gasteiger partial charge in [-0.1, -0.05) is 78.9 Å². The summed E-state index contributed by atoms with van der Waals surface area (Å²) in [5.74, 6) is -0.117. The Morgan fingerprint density at radius 2 is 1.47 bits per heavy atom. The smallest absolute Gasteiger partial charge is 0.407 e. The Kier molecular flexibility index (Phi) is 7.12. The number of thiol groups is 1. The summed E-state index contributed by atoms with van der Waals surface area (Å²) in [4.78, 5) is 24.9. The molecular weight excluding hydrogens is 420 g/mol. The summed E-state index contributed by atoms with van der Waals surface area (Å²) in [6.45, 7) is 0.689. The van der Waals surface area contributed by atoms with Crippen molar-refractivity contribution >= 4 is 24.6 Å². The molecule has 1 aliphatic rings. The predicted molar refractivity (Wildman–Crippen MR) is 129 cm³/mol. The maximum atomic E-state index is 12.5. The Hall–Kier alpha value is -3.25. The topological polar surface area (TPSA) is 67.4 Å². The highest BCUT2D eigenvalue weighted by molar-refractivity contribution is 7.80. The molecule has 4 rings (SSSR count). The summed E-state index contributed by atoms with van der Waals surface area (Å²) < 4.78 is 5.53. The first-order chi connectivity index (χ1) is 15.7. The third-order valence-electron chi connectivity index (χ3n) is 5.69. The highest BCUT2D eigenvalue weighted by Gasteiger charge is 2.29. The van der Waals surface area contributed by atoms with Crippen molar-refractivity contribution in [3.63, 3.8) is 0 Å². The Morgan fingerprint density at radius 1 is 0.875 bits per heavy atom. The first kappa shape index (κ1) is 22.0. The van der Waals surface area contributed by atoms with Gasteiger partial charge in [-0.05, 0) is 34.2 Å². The number of hydrogen-bond donors (Lipinski definition) is 3. The molecule has 0 unspecified atom stereocenters. The van der Waals surface area contributed by atoms with Crippen LogP contribution in [0.3, 0.4) is 0 Å². The molecule has 0 saturated carbocycles. The molecule has 0 aliphatic heterocycles. The molecule has 0 saturated heterocycles. The van der Waals surface area contributed by atoms with Crippen LogP contribution in [0.1, 0.15) is 22.6 Å². The van der Waals surface area contributed by atoms with Gasteiger partial charge in [-0.15, -0.1) is 0 Å².